The minimum absolute atomic E-state index is 0.113. The molecule has 5 aromatic rings. The predicted molar refractivity (Wildman–Crippen MR) is 172 cm³/mol. The van der Waals surface area contributed by atoms with Crippen LogP contribution in [0.2, 0.25) is 0 Å². The maximum Gasteiger partial charge on any atom is 0.272 e. The summed E-state index contributed by atoms with van der Waals surface area (Å²) >= 11 is 2.79. The zero-order valence-electron chi connectivity index (χ0n) is 23.0. The zero-order chi connectivity index (χ0) is 29.5. The van der Waals surface area contributed by atoms with Gasteiger partial charge in [0.25, 0.3) is 11.8 Å². The van der Waals surface area contributed by atoms with Crippen LogP contribution in [0.5, 0.6) is 0 Å². The standard InChI is InChI=1S/C33H28N4O3S2/c1-21-15-16-27-29(17-21)42-33(36-27)37-30(38)20-41-26-14-8-13-25(19-26)34-32(40)28(18-24-12-7-6-9-22(24)2)35-31(39)23-10-4-3-5-11-23/h3-19H,20H2,1-2H3,(H,34,40)(H,35,39)(H,36,37,38)/b28-18-. The van der Waals surface area contributed by atoms with Gasteiger partial charge in [0.2, 0.25) is 5.91 Å². The summed E-state index contributed by atoms with van der Waals surface area (Å²) in [6.45, 7) is 3.96. The maximum atomic E-state index is 13.4. The highest BCUT2D eigenvalue weighted by atomic mass is 32.2. The molecule has 0 bridgehead atoms. The van der Waals surface area contributed by atoms with Gasteiger partial charge in [0.05, 0.1) is 16.0 Å². The second-order valence-corrected chi connectivity index (χ2v) is 11.6. The van der Waals surface area contributed by atoms with E-state index in [-0.39, 0.29) is 23.3 Å². The molecule has 0 aliphatic carbocycles. The molecule has 210 valence electrons. The number of hydrogen-bond donors (Lipinski definition) is 3. The van der Waals surface area contributed by atoms with Gasteiger partial charge in [-0.25, -0.2) is 4.98 Å². The number of rotatable bonds is 9. The van der Waals surface area contributed by atoms with Crippen LogP contribution in [0.25, 0.3) is 16.3 Å². The molecule has 0 radical (unpaired) electrons. The highest BCUT2D eigenvalue weighted by Crippen LogP contribution is 2.27. The van der Waals surface area contributed by atoms with Gasteiger partial charge in [-0.2, -0.15) is 0 Å². The van der Waals surface area contributed by atoms with Gasteiger partial charge in [-0.15, -0.1) is 11.8 Å². The molecule has 0 aliphatic heterocycles. The van der Waals surface area contributed by atoms with E-state index in [2.05, 4.69) is 20.9 Å². The summed E-state index contributed by atoms with van der Waals surface area (Å²) in [4.78, 5) is 44.2. The first-order chi connectivity index (χ1) is 20.3. The van der Waals surface area contributed by atoms with Crippen LogP contribution in [-0.4, -0.2) is 28.5 Å². The summed E-state index contributed by atoms with van der Waals surface area (Å²) in [5.74, 6) is -0.840. The lowest BCUT2D eigenvalue weighted by Gasteiger charge is -2.13. The largest absolute Gasteiger partial charge is 0.321 e. The van der Waals surface area contributed by atoms with E-state index >= 15 is 0 Å². The smallest absolute Gasteiger partial charge is 0.272 e. The first-order valence-corrected chi connectivity index (χ1v) is 15.0. The number of nitrogens with one attached hydrogen (secondary N) is 3. The molecule has 42 heavy (non-hydrogen) atoms. The van der Waals surface area contributed by atoms with E-state index in [0.717, 1.165) is 31.8 Å². The van der Waals surface area contributed by atoms with E-state index in [4.69, 9.17) is 0 Å². The third kappa shape index (κ3) is 7.51. The topological polar surface area (TPSA) is 100 Å². The van der Waals surface area contributed by atoms with Crippen LogP contribution in [0.1, 0.15) is 27.0 Å². The lowest BCUT2D eigenvalue weighted by Crippen LogP contribution is -2.30. The van der Waals surface area contributed by atoms with Crippen molar-refractivity contribution in [3.63, 3.8) is 0 Å². The molecule has 0 atom stereocenters. The van der Waals surface area contributed by atoms with Crippen LogP contribution in [0.3, 0.4) is 0 Å². The quantitative estimate of drug-likeness (QED) is 0.126. The van der Waals surface area contributed by atoms with Gasteiger partial charge in [0.15, 0.2) is 5.13 Å². The van der Waals surface area contributed by atoms with E-state index in [9.17, 15) is 14.4 Å². The number of benzene rings is 4. The third-order valence-corrected chi connectivity index (χ3v) is 8.20. The van der Waals surface area contributed by atoms with Crippen molar-refractivity contribution in [2.75, 3.05) is 16.4 Å². The molecular weight excluding hydrogens is 565 g/mol. The number of aromatic nitrogens is 1. The normalized spacial score (nSPS) is 11.2. The minimum Gasteiger partial charge on any atom is -0.321 e. The van der Waals surface area contributed by atoms with Crippen molar-refractivity contribution in [2.45, 2.75) is 18.7 Å². The number of hydrogen-bond acceptors (Lipinski definition) is 6. The fraction of sp³-hybridized carbons (Fsp3) is 0.0909. The van der Waals surface area contributed by atoms with Crippen molar-refractivity contribution in [3.05, 3.63) is 125 Å². The number of amides is 3. The Hall–Kier alpha value is -4.73. The number of nitrogens with zero attached hydrogens (tertiary/aromatic N) is 1. The van der Waals surface area contributed by atoms with E-state index in [1.165, 1.54) is 23.1 Å². The van der Waals surface area contributed by atoms with Crippen LogP contribution in [0, 0.1) is 13.8 Å². The molecule has 0 saturated heterocycles. The second-order valence-electron chi connectivity index (χ2n) is 9.54. The summed E-state index contributed by atoms with van der Waals surface area (Å²) in [6, 6.07) is 29.6. The number of aryl methyl sites for hydroxylation is 2. The Morgan fingerprint density at radius 1 is 0.857 bits per heavy atom. The van der Waals surface area contributed by atoms with E-state index < -0.39 is 5.91 Å². The Bertz CT molecular complexity index is 1800. The van der Waals surface area contributed by atoms with Crippen molar-refractivity contribution in [1.82, 2.24) is 10.3 Å². The second kappa shape index (κ2) is 13.3. The SMILES string of the molecule is Cc1ccc2nc(NC(=O)CSc3cccc(NC(=O)/C(=C/c4ccccc4C)NC(=O)c4ccccc4)c3)sc2c1. The fourth-order valence-corrected chi connectivity index (χ4v) is 5.83. The van der Waals surface area contributed by atoms with Crippen molar-refractivity contribution in [3.8, 4) is 0 Å². The van der Waals surface area contributed by atoms with Crippen molar-refractivity contribution < 1.29 is 14.4 Å². The Morgan fingerprint density at radius 3 is 2.45 bits per heavy atom. The van der Waals surface area contributed by atoms with Gasteiger partial charge in [-0.3, -0.25) is 14.4 Å². The Labute approximate surface area is 252 Å². The molecule has 0 saturated carbocycles. The molecular formula is C33H28N4O3S2. The van der Waals surface area contributed by atoms with E-state index in [1.807, 2.05) is 68.4 Å². The molecule has 0 fully saturated rings. The number of fused-ring (bicyclic) bond motifs is 1. The van der Waals surface area contributed by atoms with Crippen molar-refractivity contribution in [1.29, 1.82) is 0 Å². The molecule has 0 spiro atoms. The fourth-order valence-electron chi connectivity index (χ4n) is 4.10. The molecule has 0 aliphatic rings. The number of thioether (sulfide) groups is 1. The Morgan fingerprint density at radius 2 is 1.64 bits per heavy atom. The Kier molecular flexibility index (Phi) is 9.11. The maximum absolute atomic E-state index is 13.4. The lowest BCUT2D eigenvalue weighted by molar-refractivity contribution is -0.114. The summed E-state index contributed by atoms with van der Waals surface area (Å²) in [5, 5.41) is 9.08. The third-order valence-electron chi connectivity index (χ3n) is 6.27. The molecule has 9 heteroatoms. The number of thiazole rings is 1. The summed E-state index contributed by atoms with van der Waals surface area (Å²) in [6.07, 6.45) is 1.66. The predicted octanol–water partition coefficient (Wildman–Crippen LogP) is 7.05. The molecule has 7 nitrogen and oxygen atoms in total. The summed E-state index contributed by atoms with van der Waals surface area (Å²) in [7, 11) is 0. The average molecular weight is 593 g/mol. The van der Waals surface area contributed by atoms with Crippen LogP contribution in [-0.2, 0) is 9.59 Å². The highest BCUT2D eigenvalue weighted by Gasteiger charge is 2.16. The lowest BCUT2D eigenvalue weighted by atomic mass is 10.1. The van der Waals surface area contributed by atoms with E-state index in [1.54, 1.807) is 48.5 Å². The van der Waals surface area contributed by atoms with Gasteiger partial charge in [0.1, 0.15) is 5.70 Å². The molecule has 3 amide bonds. The number of carbonyl (C=O) groups excluding carboxylic acids is 3. The van der Waals surface area contributed by atoms with Crippen LogP contribution in [0.4, 0.5) is 10.8 Å². The Balaban J connectivity index is 1.25. The molecule has 0 unspecified atom stereocenters. The first-order valence-electron chi connectivity index (χ1n) is 13.2. The molecule has 1 heterocycles. The highest BCUT2D eigenvalue weighted by molar-refractivity contribution is 8.00. The van der Waals surface area contributed by atoms with Gasteiger partial charge in [-0.05, 0) is 79.1 Å². The van der Waals surface area contributed by atoms with Crippen molar-refractivity contribution in [2.24, 2.45) is 0 Å². The molecule has 4 aromatic carbocycles. The first kappa shape index (κ1) is 28.8. The number of carbonyl (C=O) groups is 3. The molecule has 3 N–H and O–H groups in total. The number of anilines is 2. The van der Waals surface area contributed by atoms with Crippen LogP contribution in [0.15, 0.2) is 108 Å². The monoisotopic (exact) mass is 592 g/mol. The van der Waals surface area contributed by atoms with E-state index in [0.29, 0.717) is 16.4 Å². The molecule has 5 rings (SSSR count). The summed E-state index contributed by atoms with van der Waals surface area (Å²) < 4.78 is 1.03. The molecule has 1 aromatic heterocycles. The van der Waals surface area contributed by atoms with Gasteiger partial charge in [-0.1, -0.05) is 65.9 Å². The van der Waals surface area contributed by atoms with Crippen LogP contribution < -0.4 is 16.0 Å². The average Bonchev–Trinajstić information content (AvgIpc) is 3.38. The zero-order valence-corrected chi connectivity index (χ0v) is 24.6. The minimum atomic E-state index is -0.464. The van der Waals surface area contributed by atoms with Gasteiger partial charge < -0.3 is 16.0 Å². The summed E-state index contributed by atoms with van der Waals surface area (Å²) in [5.41, 5.74) is 4.87. The van der Waals surface area contributed by atoms with Gasteiger partial charge in [0, 0.05) is 16.1 Å². The van der Waals surface area contributed by atoms with Crippen LogP contribution >= 0.6 is 23.1 Å². The van der Waals surface area contributed by atoms with Gasteiger partial charge >= 0.3 is 0 Å². The van der Waals surface area contributed by atoms with Crippen molar-refractivity contribution >= 4 is 67.9 Å².